The summed E-state index contributed by atoms with van der Waals surface area (Å²) in [6.07, 6.45) is 0.769. The molecule has 0 fully saturated rings. The van der Waals surface area contributed by atoms with Gasteiger partial charge < -0.3 is 24.1 Å². The number of halogens is 1. The van der Waals surface area contributed by atoms with Gasteiger partial charge in [-0.05, 0) is 88.9 Å². The molecule has 7 nitrogen and oxygen atoms in total. The van der Waals surface area contributed by atoms with Crippen LogP contribution in [-0.4, -0.2) is 43.6 Å². The van der Waals surface area contributed by atoms with E-state index in [9.17, 15) is 19.1 Å². The molecule has 1 N–H and O–H groups in total. The molecule has 0 spiro atoms. The molecule has 0 bridgehead atoms. The molecule has 0 atom stereocenters. The van der Waals surface area contributed by atoms with E-state index in [-0.39, 0.29) is 28.4 Å². The van der Waals surface area contributed by atoms with Gasteiger partial charge in [-0.25, -0.2) is 14.0 Å². The van der Waals surface area contributed by atoms with Crippen LogP contribution in [0, 0.1) is 47.4 Å². The summed E-state index contributed by atoms with van der Waals surface area (Å²) in [4.78, 5) is 26.4. The molecule has 0 aromatic heterocycles. The summed E-state index contributed by atoms with van der Waals surface area (Å²) in [5.74, 6) is 0.226. The topological polar surface area (TPSA) is 91.3 Å². The fourth-order valence-electron chi connectivity index (χ4n) is 4.69. The van der Waals surface area contributed by atoms with Gasteiger partial charge in [0, 0.05) is 27.3 Å². The number of esters is 1. The van der Waals surface area contributed by atoms with E-state index in [4.69, 9.17) is 18.9 Å². The smallest absolute Gasteiger partial charge is 0.344 e. The van der Waals surface area contributed by atoms with Crippen LogP contribution >= 0.6 is 11.8 Å². The van der Waals surface area contributed by atoms with Crippen LogP contribution < -0.4 is 18.9 Å². The highest BCUT2D eigenvalue weighted by molar-refractivity contribution is 7.99. The van der Waals surface area contributed by atoms with Gasteiger partial charge in [-0.15, -0.1) is 11.8 Å². The lowest BCUT2D eigenvalue weighted by Gasteiger charge is -2.22. The quantitative estimate of drug-likeness (QED) is 0.112. The zero-order valence-electron chi connectivity index (χ0n) is 24.1. The first kappa shape index (κ1) is 30.8. The second kappa shape index (κ2) is 13.1. The Labute approximate surface area is 238 Å². The summed E-state index contributed by atoms with van der Waals surface area (Å²) >= 11 is 1.63. The molecular formula is C31H35FO7S. The fraction of sp³-hybridized carbons (Fsp3) is 0.355. The highest BCUT2D eigenvalue weighted by Crippen LogP contribution is 2.44. The fourth-order valence-corrected chi connectivity index (χ4v) is 5.52. The predicted octanol–water partition coefficient (Wildman–Crippen LogP) is 7.17. The van der Waals surface area contributed by atoms with Crippen molar-refractivity contribution in [1.82, 2.24) is 0 Å². The number of carboxylic acid groups (broad SMARTS) is 1. The maximum atomic E-state index is 13.5. The van der Waals surface area contributed by atoms with Gasteiger partial charge >= 0.3 is 11.9 Å². The van der Waals surface area contributed by atoms with Crippen LogP contribution in [0.1, 0.15) is 60.5 Å². The number of methoxy groups -OCH3 is 2. The van der Waals surface area contributed by atoms with Gasteiger partial charge in [0.2, 0.25) is 0 Å². The molecule has 214 valence electrons. The van der Waals surface area contributed by atoms with Gasteiger partial charge in [0.1, 0.15) is 22.9 Å². The highest BCUT2D eigenvalue weighted by Gasteiger charge is 2.29. The van der Waals surface area contributed by atoms with E-state index < -0.39 is 11.9 Å². The van der Waals surface area contributed by atoms with Crippen LogP contribution in [0.2, 0.25) is 0 Å². The maximum Gasteiger partial charge on any atom is 0.344 e. The van der Waals surface area contributed by atoms with Gasteiger partial charge in [-0.1, -0.05) is 0 Å². The molecule has 0 amide bonds. The Morgan fingerprint density at radius 2 is 1.32 bits per heavy atom. The molecule has 3 rings (SSSR count). The largest absolute Gasteiger partial charge is 0.496 e. The van der Waals surface area contributed by atoms with Crippen molar-refractivity contribution in [3.05, 3.63) is 74.6 Å². The van der Waals surface area contributed by atoms with Crippen molar-refractivity contribution in [2.75, 3.05) is 26.6 Å². The van der Waals surface area contributed by atoms with Gasteiger partial charge in [-0.2, -0.15) is 0 Å². The van der Waals surface area contributed by atoms with E-state index in [1.807, 2.05) is 20.8 Å². The SMILES string of the molecule is COc1c(C)c(OCCCSc2ccc(F)cc2)c(C)c(C)c1OC(=O)c1c(C)c(C)c(C(=O)O)c(OC)c1C. The first-order chi connectivity index (χ1) is 18.9. The monoisotopic (exact) mass is 570 g/mol. The molecule has 0 aliphatic rings. The van der Waals surface area contributed by atoms with Crippen LogP contribution in [-0.2, 0) is 0 Å². The molecule has 3 aromatic carbocycles. The lowest BCUT2D eigenvalue weighted by Crippen LogP contribution is -2.18. The molecule has 0 aliphatic heterocycles. The lowest BCUT2D eigenvalue weighted by molar-refractivity contribution is 0.0685. The summed E-state index contributed by atoms with van der Waals surface area (Å²) in [7, 11) is 2.88. The zero-order chi connectivity index (χ0) is 29.7. The molecule has 0 saturated heterocycles. The summed E-state index contributed by atoms with van der Waals surface area (Å²) in [5.41, 5.74) is 3.79. The van der Waals surface area contributed by atoms with Crippen molar-refractivity contribution in [2.24, 2.45) is 0 Å². The van der Waals surface area contributed by atoms with E-state index in [0.29, 0.717) is 45.9 Å². The van der Waals surface area contributed by atoms with Crippen LogP contribution in [0.15, 0.2) is 29.2 Å². The van der Waals surface area contributed by atoms with Crippen molar-refractivity contribution in [3.8, 4) is 23.0 Å². The number of hydrogen-bond acceptors (Lipinski definition) is 7. The average molecular weight is 571 g/mol. The van der Waals surface area contributed by atoms with Crippen molar-refractivity contribution in [2.45, 2.75) is 52.9 Å². The number of hydrogen-bond donors (Lipinski definition) is 1. The Morgan fingerprint density at radius 3 is 1.90 bits per heavy atom. The van der Waals surface area contributed by atoms with Crippen molar-refractivity contribution < 1.29 is 38.0 Å². The van der Waals surface area contributed by atoms with Gasteiger partial charge in [0.15, 0.2) is 11.5 Å². The van der Waals surface area contributed by atoms with Crippen LogP contribution in [0.4, 0.5) is 4.39 Å². The average Bonchev–Trinajstić information content (AvgIpc) is 2.91. The van der Waals surface area contributed by atoms with E-state index in [1.54, 1.807) is 44.7 Å². The van der Waals surface area contributed by atoms with Crippen LogP contribution in [0.3, 0.4) is 0 Å². The number of ether oxygens (including phenoxy) is 4. The first-order valence-electron chi connectivity index (χ1n) is 12.8. The summed E-state index contributed by atoms with van der Waals surface area (Å²) < 4.78 is 36.2. The number of rotatable bonds is 11. The molecule has 0 aliphatic carbocycles. The third-order valence-electron chi connectivity index (χ3n) is 7.02. The minimum Gasteiger partial charge on any atom is -0.496 e. The summed E-state index contributed by atoms with van der Waals surface area (Å²) in [6.45, 7) is 11.0. The Hall–Kier alpha value is -3.72. The van der Waals surface area contributed by atoms with Crippen LogP contribution in [0.5, 0.6) is 23.0 Å². The van der Waals surface area contributed by atoms with Gasteiger partial charge in [0.25, 0.3) is 0 Å². The molecule has 0 saturated carbocycles. The second-order valence-electron chi connectivity index (χ2n) is 9.42. The Kier molecular flexibility index (Phi) is 10.1. The third kappa shape index (κ3) is 6.20. The van der Waals surface area contributed by atoms with Gasteiger partial charge in [-0.3, -0.25) is 0 Å². The molecule has 0 heterocycles. The van der Waals surface area contributed by atoms with E-state index >= 15 is 0 Å². The van der Waals surface area contributed by atoms with Gasteiger partial charge in [0.05, 0.1) is 26.4 Å². The third-order valence-corrected chi connectivity index (χ3v) is 8.12. The summed E-state index contributed by atoms with van der Waals surface area (Å²) in [5, 5.41) is 9.70. The number of carboxylic acids is 1. The number of benzene rings is 3. The Morgan fingerprint density at radius 1 is 0.750 bits per heavy atom. The van der Waals surface area contributed by atoms with Crippen molar-refractivity contribution in [3.63, 3.8) is 0 Å². The predicted molar refractivity (Wildman–Crippen MR) is 154 cm³/mol. The molecule has 0 radical (unpaired) electrons. The van der Waals surface area contributed by atoms with Crippen molar-refractivity contribution >= 4 is 23.7 Å². The number of aromatic carboxylic acids is 1. The van der Waals surface area contributed by atoms with Crippen molar-refractivity contribution in [1.29, 1.82) is 0 Å². The van der Waals surface area contributed by atoms with E-state index in [2.05, 4.69) is 0 Å². The molecule has 0 unspecified atom stereocenters. The normalized spacial score (nSPS) is 10.8. The standard InChI is InChI=1S/C31H35FO7S/c1-16-17(2)25(30(33)34)27(36-7)20(5)24(16)31(35)39-29-19(4)18(3)26(21(6)28(29)37-8)38-14-9-15-40-23-12-10-22(32)11-13-23/h10-13H,9,14-15H2,1-8H3,(H,33,34). The minimum atomic E-state index is -1.13. The molecule has 40 heavy (non-hydrogen) atoms. The lowest BCUT2D eigenvalue weighted by atomic mass is 9.92. The summed E-state index contributed by atoms with van der Waals surface area (Å²) in [6, 6.07) is 6.40. The zero-order valence-corrected chi connectivity index (χ0v) is 24.9. The molecule has 9 heteroatoms. The number of carbonyl (C=O) groups excluding carboxylic acids is 1. The van der Waals surface area contributed by atoms with Crippen LogP contribution in [0.25, 0.3) is 0 Å². The maximum absolute atomic E-state index is 13.5. The van der Waals surface area contributed by atoms with E-state index in [1.165, 1.54) is 26.4 Å². The number of thioether (sulfide) groups is 1. The highest BCUT2D eigenvalue weighted by atomic mass is 32.2. The number of carbonyl (C=O) groups is 2. The Bertz CT molecular complexity index is 1430. The minimum absolute atomic E-state index is 0.0204. The second-order valence-corrected chi connectivity index (χ2v) is 10.6. The Balaban J connectivity index is 1.85. The molecular weight excluding hydrogens is 535 g/mol. The molecule has 3 aromatic rings. The first-order valence-corrected chi connectivity index (χ1v) is 13.7. The van der Waals surface area contributed by atoms with E-state index in [0.717, 1.165) is 22.6 Å².